The minimum absolute atomic E-state index is 0.0490. The lowest BCUT2D eigenvalue weighted by Gasteiger charge is -2.43. The van der Waals surface area contributed by atoms with Gasteiger partial charge in [0.25, 0.3) is 0 Å². The molecule has 0 bridgehead atoms. The smallest absolute Gasteiger partial charge is 0.323 e. The van der Waals surface area contributed by atoms with Gasteiger partial charge in [0.2, 0.25) is 0 Å². The van der Waals surface area contributed by atoms with Crippen LogP contribution < -0.4 is 0 Å². The van der Waals surface area contributed by atoms with Gasteiger partial charge < -0.3 is 4.74 Å². The summed E-state index contributed by atoms with van der Waals surface area (Å²) in [7, 11) is 0. The molecule has 2 rings (SSSR count). The van der Waals surface area contributed by atoms with Gasteiger partial charge in [0, 0.05) is 12.6 Å². The van der Waals surface area contributed by atoms with Crippen molar-refractivity contribution in [3.63, 3.8) is 0 Å². The van der Waals surface area contributed by atoms with Crippen LogP contribution in [0.2, 0.25) is 0 Å². The number of unbranched alkanes of at least 4 members (excludes halogenated alkanes) is 1. The van der Waals surface area contributed by atoms with E-state index in [2.05, 4.69) is 30.9 Å². The lowest BCUT2D eigenvalue weighted by molar-refractivity contribution is -0.157. The molecule has 1 heterocycles. The minimum atomic E-state index is -0.0533. The van der Waals surface area contributed by atoms with Crippen LogP contribution in [-0.4, -0.2) is 30.1 Å². The molecule has 104 valence electrons. The number of hydrogen-bond donors (Lipinski definition) is 0. The molecule has 0 aromatic heterocycles. The van der Waals surface area contributed by atoms with Gasteiger partial charge in [-0.3, -0.25) is 9.69 Å². The normalized spacial score (nSPS) is 20.6. The molecule has 1 aromatic rings. The first-order chi connectivity index (χ1) is 9.24. The number of likely N-dealkylation sites (tertiary alicyclic amines) is 1. The van der Waals surface area contributed by atoms with Crippen molar-refractivity contribution in [1.29, 1.82) is 0 Å². The Kier molecular flexibility index (Phi) is 4.97. The topological polar surface area (TPSA) is 29.5 Å². The molecule has 0 radical (unpaired) electrons. The van der Waals surface area contributed by atoms with Crippen molar-refractivity contribution in [3.8, 4) is 0 Å². The van der Waals surface area contributed by atoms with E-state index in [0.717, 1.165) is 25.8 Å². The molecule has 0 saturated carbocycles. The summed E-state index contributed by atoms with van der Waals surface area (Å²) in [6.07, 6.45) is 2.93. The average molecular weight is 261 g/mol. The van der Waals surface area contributed by atoms with Crippen LogP contribution in [0.25, 0.3) is 0 Å². The van der Waals surface area contributed by atoms with E-state index < -0.39 is 0 Å². The van der Waals surface area contributed by atoms with E-state index in [1.54, 1.807) is 0 Å². The number of nitrogens with zero attached hydrogens (tertiary/aromatic N) is 1. The zero-order chi connectivity index (χ0) is 13.7. The molecule has 1 fully saturated rings. The largest absolute Gasteiger partial charge is 0.465 e. The maximum atomic E-state index is 12.0. The van der Waals surface area contributed by atoms with E-state index in [0.29, 0.717) is 6.61 Å². The molecule has 2 unspecified atom stereocenters. The zero-order valence-electron chi connectivity index (χ0n) is 11.8. The van der Waals surface area contributed by atoms with E-state index >= 15 is 0 Å². The van der Waals surface area contributed by atoms with Gasteiger partial charge >= 0.3 is 5.97 Å². The summed E-state index contributed by atoms with van der Waals surface area (Å²) in [6, 6.07) is 10.6. The van der Waals surface area contributed by atoms with Gasteiger partial charge in [0.1, 0.15) is 6.04 Å². The molecule has 0 aliphatic carbocycles. The number of hydrogen-bond acceptors (Lipinski definition) is 3. The highest BCUT2D eigenvalue weighted by molar-refractivity contribution is 5.77. The minimum Gasteiger partial charge on any atom is -0.465 e. The van der Waals surface area contributed by atoms with E-state index in [1.807, 2.05) is 18.2 Å². The van der Waals surface area contributed by atoms with Gasteiger partial charge in [-0.15, -0.1) is 0 Å². The first-order valence-electron chi connectivity index (χ1n) is 7.21. The van der Waals surface area contributed by atoms with Gasteiger partial charge in [0.15, 0.2) is 0 Å². The molecule has 0 N–H and O–H groups in total. The second-order valence-corrected chi connectivity index (χ2v) is 5.15. The van der Waals surface area contributed by atoms with E-state index in [9.17, 15) is 4.79 Å². The van der Waals surface area contributed by atoms with E-state index in [1.165, 1.54) is 5.56 Å². The standard InChI is InChI=1S/C16H23NO2/c1-3-4-12-19-16(18)15-10-11-17(15)13(2)14-8-6-5-7-9-14/h5-9,13,15H,3-4,10-12H2,1-2H3. The molecule has 0 amide bonds. The molecular formula is C16H23NO2. The predicted octanol–water partition coefficient (Wildman–Crippen LogP) is 3.17. The van der Waals surface area contributed by atoms with Gasteiger partial charge in [-0.2, -0.15) is 0 Å². The Balaban J connectivity index is 1.89. The van der Waals surface area contributed by atoms with E-state index in [4.69, 9.17) is 4.74 Å². The van der Waals surface area contributed by atoms with Crippen molar-refractivity contribution >= 4 is 5.97 Å². The van der Waals surface area contributed by atoms with Gasteiger partial charge in [-0.1, -0.05) is 43.7 Å². The van der Waals surface area contributed by atoms with Crippen molar-refractivity contribution in [3.05, 3.63) is 35.9 Å². The fourth-order valence-corrected chi connectivity index (χ4v) is 2.46. The fraction of sp³-hybridized carbons (Fsp3) is 0.562. The summed E-state index contributed by atoms with van der Waals surface area (Å²) in [4.78, 5) is 14.2. The average Bonchev–Trinajstić information content (AvgIpc) is 2.38. The molecule has 1 aliphatic rings. The second-order valence-electron chi connectivity index (χ2n) is 5.15. The number of esters is 1. The molecule has 2 atom stereocenters. The van der Waals surface area contributed by atoms with Crippen molar-refractivity contribution in [2.24, 2.45) is 0 Å². The summed E-state index contributed by atoms with van der Waals surface area (Å²) >= 11 is 0. The van der Waals surface area contributed by atoms with Crippen LogP contribution in [0.3, 0.4) is 0 Å². The Morgan fingerprint density at radius 1 is 1.42 bits per heavy atom. The zero-order valence-corrected chi connectivity index (χ0v) is 11.8. The van der Waals surface area contributed by atoms with Crippen LogP contribution in [0.5, 0.6) is 0 Å². The Morgan fingerprint density at radius 2 is 2.16 bits per heavy atom. The second kappa shape index (κ2) is 6.71. The van der Waals surface area contributed by atoms with Crippen LogP contribution in [0.4, 0.5) is 0 Å². The molecule has 1 aromatic carbocycles. The summed E-state index contributed by atoms with van der Waals surface area (Å²) in [6.45, 7) is 5.78. The lowest BCUT2D eigenvalue weighted by Crippen LogP contribution is -2.53. The first kappa shape index (κ1) is 14.1. The Morgan fingerprint density at radius 3 is 2.74 bits per heavy atom. The highest BCUT2D eigenvalue weighted by Gasteiger charge is 2.38. The molecule has 0 spiro atoms. The molecular weight excluding hydrogens is 238 g/mol. The molecule has 3 heteroatoms. The lowest BCUT2D eigenvalue weighted by atomic mass is 9.96. The Labute approximate surface area is 115 Å². The molecule has 19 heavy (non-hydrogen) atoms. The summed E-state index contributed by atoms with van der Waals surface area (Å²) in [5.41, 5.74) is 1.26. The first-order valence-corrected chi connectivity index (χ1v) is 7.21. The van der Waals surface area contributed by atoms with Gasteiger partial charge in [-0.05, 0) is 25.3 Å². The Bertz CT molecular complexity index is 404. The van der Waals surface area contributed by atoms with Crippen LogP contribution in [-0.2, 0) is 9.53 Å². The third-order valence-electron chi connectivity index (χ3n) is 3.85. The van der Waals surface area contributed by atoms with Crippen molar-refractivity contribution < 1.29 is 9.53 Å². The van der Waals surface area contributed by atoms with Crippen LogP contribution in [0.1, 0.15) is 44.7 Å². The number of carbonyl (C=O) groups is 1. The van der Waals surface area contributed by atoms with Crippen molar-refractivity contribution in [2.75, 3.05) is 13.2 Å². The predicted molar refractivity (Wildman–Crippen MR) is 75.8 cm³/mol. The van der Waals surface area contributed by atoms with Gasteiger partial charge in [-0.25, -0.2) is 0 Å². The number of ether oxygens (including phenoxy) is 1. The third-order valence-corrected chi connectivity index (χ3v) is 3.85. The number of rotatable bonds is 6. The summed E-state index contributed by atoms with van der Waals surface area (Å²) in [5, 5.41) is 0. The third kappa shape index (κ3) is 3.35. The van der Waals surface area contributed by atoms with Crippen LogP contribution >= 0.6 is 0 Å². The maximum Gasteiger partial charge on any atom is 0.323 e. The highest BCUT2D eigenvalue weighted by Crippen LogP contribution is 2.30. The monoisotopic (exact) mass is 261 g/mol. The maximum absolute atomic E-state index is 12.0. The molecule has 1 saturated heterocycles. The summed E-state index contributed by atoms with van der Waals surface area (Å²) in [5.74, 6) is -0.0533. The number of benzene rings is 1. The van der Waals surface area contributed by atoms with Crippen LogP contribution in [0.15, 0.2) is 30.3 Å². The van der Waals surface area contributed by atoms with Crippen LogP contribution in [0, 0.1) is 0 Å². The fourth-order valence-electron chi connectivity index (χ4n) is 2.46. The van der Waals surface area contributed by atoms with Crippen molar-refractivity contribution in [1.82, 2.24) is 4.90 Å². The summed E-state index contributed by atoms with van der Waals surface area (Å²) < 4.78 is 5.32. The van der Waals surface area contributed by atoms with E-state index in [-0.39, 0.29) is 18.1 Å². The molecule has 3 nitrogen and oxygen atoms in total. The quantitative estimate of drug-likeness (QED) is 0.582. The SMILES string of the molecule is CCCCOC(=O)C1CCN1C(C)c1ccccc1. The molecule has 1 aliphatic heterocycles. The van der Waals surface area contributed by atoms with Crippen molar-refractivity contribution in [2.45, 2.75) is 45.2 Å². The highest BCUT2D eigenvalue weighted by atomic mass is 16.5. The Hall–Kier alpha value is -1.35. The number of carbonyl (C=O) groups excluding carboxylic acids is 1. The van der Waals surface area contributed by atoms with Gasteiger partial charge in [0.05, 0.1) is 6.61 Å².